The van der Waals surface area contributed by atoms with E-state index in [2.05, 4.69) is 20.9 Å². The van der Waals surface area contributed by atoms with Gasteiger partial charge in [-0.25, -0.2) is 18.0 Å². The van der Waals surface area contributed by atoms with Crippen LogP contribution in [0.3, 0.4) is 0 Å². The summed E-state index contributed by atoms with van der Waals surface area (Å²) in [4.78, 5) is 41.0. The van der Waals surface area contributed by atoms with Gasteiger partial charge in [0, 0.05) is 24.5 Å². The monoisotopic (exact) mass is 604 g/mol. The van der Waals surface area contributed by atoms with Crippen molar-refractivity contribution in [3.8, 4) is 0 Å². The Morgan fingerprint density at radius 1 is 0.950 bits per heavy atom. The van der Waals surface area contributed by atoms with E-state index >= 15 is 0 Å². The molecule has 3 aromatic rings. The largest absolute Gasteiger partial charge is 0.480 e. The van der Waals surface area contributed by atoms with Gasteiger partial charge in [0.1, 0.15) is 6.04 Å². The third kappa shape index (κ3) is 6.90. The number of aliphatic carboxylic acids is 1. The van der Waals surface area contributed by atoms with Crippen LogP contribution in [-0.4, -0.2) is 47.7 Å². The number of nitrogens with one attached hydrogen (secondary N) is 3. The fraction of sp³-hybridized carbons (Fsp3) is 0.259. The van der Waals surface area contributed by atoms with E-state index in [1.807, 2.05) is 0 Å². The number of hydrogen-bond acceptors (Lipinski definition) is 6. The Balaban J connectivity index is 1.41. The van der Waals surface area contributed by atoms with Gasteiger partial charge in [0.15, 0.2) is 9.84 Å². The molecule has 0 radical (unpaired) electrons. The maximum absolute atomic E-state index is 13.1. The van der Waals surface area contributed by atoms with Crippen molar-refractivity contribution in [3.05, 3.63) is 82.1 Å². The number of pyridine rings is 1. The second kappa shape index (κ2) is 12.7. The molecule has 210 valence electrons. The predicted octanol–water partition coefficient (Wildman–Crippen LogP) is 5.17. The molecule has 0 saturated heterocycles. The summed E-state index contributed by atoms with van der Waals surface area (Å²) in [6, 6.07) is 10.3. The first-order valence-electron chi connectivity index (χ1n) is 12.4. The summed E-state index contributed by atoms with van der Waals surface area (Å²) in [7, 11) is -3.65. The van der Waals surface area contributed by atoms with Crippen LogP contribution < -0.4 is 16.0 Å². The molecule has 1 unspecified atom stereocenters. The first kappa shape index (κ1) is 29.3. The Labute approximate surface area is 241 Å². The number of rotatable bonds is 9. The van der Waals surface area contributed by atoms with Crippen LogP contribution in [0.1, 0.15) is 41.6 Å². The number of sulfone groups is 1. The smallest absolute Gasteiger partial charge is 0.326 e. The van der Waals surface area contributed by atoms with Crippen molar-refractivity contribution in [2.75, 3.05) is 10.6 Å². The second-order valence-corrected chi connectivity index (χ2v) is 12.3. The topological polar surface area (TPSA) is 155 Å². The number of carboxylic acids is 1. The van der Waals surface area contributed by atoms with Crippen LogP contribution in [0.15, 0.2) is 65.8 Å². The lowest BCUT2D eigenvalue weighted by Crippen LogP contribution is -2.44. The number of halogens is 2. The van der Waals surface area contributed by atoms with E-state index < -0.39 is 39.0 Å². The molecule has 1 fully saturated rings. The molecular weight excluding hydrogens is 579 g/mol. The molecule has 10 nitrogen and oxygen atoms in total. The highest BCUT2D eigenvalue weighted by molar-refractivity contribution is 7.92. The van der Waals surface area contributed by atoms with E-state index in [4.69, 9.17) is 23.2 Å². The van der Waals surface area contributed by atoms with Gasteiger partial charge in [-0.15, -0.1) is 0 Å². The van der Waals surface area contributed by atoms with Crippen LogP contribution in [0.25, 0.3) is 0 Å². The lowest BCUT2D eigenvalue weighted by molar-refractivity contribution is -0.139. The Morgan fingerprint density at radius 2 is 1.57 bits per heavy atom. The van der Waals surface area contributed by atoms with Gasteiger partial charge in [0.25, 0.3) is 5.91 Å². The molecule has 1 saturated carbocycles. The van der Waals surface area contributed by atoms with Crippen LogP contribution in [0.5, 0.6) is 0 Å². The minimum Gasteiger partial charge on any atom is -0.480 e. The van der Waals surface area contributed by atoms with E-state index in [1.54, 1.807) is 36.4 Å². The third-order valence-electron chi connectivity index (χ3n) is 6.52. The molecule has 13 heteroatoms. The van der Waals surface area contributed by atoms with Crippen LogP contribution in [0.4, 0.5) is 16.2 Å². The van der Waals surface area contributed by atoms with E-state index in [0.29, 0.717) is 24.1 Å². The number of amides is 3. The molecule has 3 amide bonds. The molecule has 4 rings (SSSR count). The number of carbonyl (C=O) groups excluding carboxylic acids is 2. The van der Waals surface area contributed by atoms with Gasteiger partial charge in [-0.05, 0) is 42.7 Å². The van der Waals surface area contributed by atoms with E-state index in [-0.39, 0.29) is 32.6 Å². The maximum Gasteiger partial charge on any atom is 0.326 e. The minimum absolute atomic E-state index is 0.0101. The average molecular weight is 606 g/mol. The quantitative estimate of drug-likeness (QED) is 0.262. The van der Waals surface area contributed by atoms with Gasteiger partial charge in [-0.2, -0.15) is 0 Å². The summed E-state index contributed by atoms with van der Waals surface area (Å²) in [5.74, 6) is -1.82. The van der Waals surface area contributed by atoms with Crippen LogP contribution in [0, 0.1) is 0 Å². The van der Waals surface area contributed by atoms with E-state index in [1.165, 1.54) is 24.5 Å². The summed E-state index contributed by atoms with van der Waals surface area (Å²) >= 11 is 12.0. The van der Waals surface area contributed by atoms with Gasteiger partial charge in [0.2, 0.25) is 0 Å². The SMILES string of the molecule is O=C(Nc1ccccc1S(=O)(=O)C1CCCC1)NC(Cc1ccc(NC(=O)c2c(Cl)cncc2Cl)cc1)C(=O)O. The van der Waals surface area contributed by atoms with Crippen molar-refractivity contribution in [2.45, 2.75) is 48.3 Å². The van der Waals surface area contributed by atoms with Crippen LogP contribution in [-0.2, 0) is 21.1 Å². The van der Waals surface area contributed by atoms with Crippen LogP contribution >= 0.6 is 23.2 Å². The Bertz CT molecular complexity index is 1510. The highest BCUT2D eigenvalue weighted by Gasteiger charge is 2.32. The molecular formula is C27H26Cl2N4O6S. The first-order valence-corrected chi connectivity index (χ1v) is 14.7. The zero-order valence-corrected chi connectivity index (χ0v) is 23.4. The maximum atomic E-state index is 13.1. The molecule has 2 aromatic carbocycles. The number of anilines is 2. The fourth-order valence-electron chi connectivity index (χ4n) is 4.49. The molecule has 40 heavy (non-hydrogen) atoms. The Kier molecular flexibility index (Phi) is 9.28. The number of aromatic nitrogens is 1. The van der Waals surface area contributed by atoms with E-state index in [0.717, 1.165) is 12.8 Å². The molecule has 4 N–H and O–H groups in total. The van der Waals surface area contributed by atoms with Gasteiger partial charge < -0.3 is 21.1 Å². The zero-order chi connectivity index (χ0) is 28.9. The first-order chi connectivity index (χ1) is 19.1. The molecule has 1 aliphatic carbocycles. The molecule has 1 aliphatic rings. The fourth-order valence-corrected chi connectivity index (χ4v) is 7.04. The van der Waals surface area contributed by atoms with Crippen molar-refractivity contribution in [2.24, 2.45) is 0 Å². The molecule has 1 heterocycles. The number of para-hydroxylation sites is 1. The standard InChI is InChI=1S/C27H26Cl2N4O6S/c28-19-14-30-15-20(29)24(19)25(34)31-17-11-9-16(10-12-17)13-22(26(35)36)33-27(37)32-21-7-3-4-8-23(21)40(38,39)18-5-1-2-6-18/h3-4,7-12,14-15,18,22H,1-2,5-6,13H2,(H,31,34)(H,35,36)(H2,32,33,37). The van der Waals surface area contributed by atoms with Gasteiger partial charge in [0.05, 0.1) is 31.4 Å². The number of benzene rings is 2. The summed E-state index contributed by atoms with van der Waals surface area (Å²) < 4.78 is 26.2. The summed E-state index contributed by atoms with van der Waals surface area (Å²) in [6.45, 7) is 0. The highest BCUT2D eigenvalue weighted by Crippen LogP contribution is 2.33. The number of hydrogen-bond donors (Lipinski definition) is 4. The van der Waals surface area contributed by atoms with E-state index in [9.17, 15) is 27.9 Å². The molecule has 1 atom stereocenters. The van der Waals surface area contributed by atoms with Crippen molar-refractivity contribution in [1.29, 1.82) is 0 Å². The average Bonchev–Trinajstić information content (AvgIpc) is 3.46. The van der Waals surface area contributed by atoms with Crippen molar-refractivity contribution in [1.82, 2.24) is 10.3 Å². The summed E-state index contributed by atoms with van der Waals surface area (Å²) in [6.07, 6.45) is 5.33. The predicted molar refractivity (Wildman–Crippen MR) is 152 cm³/mol. The lowest BCUT2D eigenvalue weighted by atomic mass is 10.1. The third-order valence-corrected chi connectivity index (χ3v) is 9.41. The Hall–Kier alpha value is -3.67. The number of carbonyl (C=O) groups is 3. The minimum atomic E-state index is -3.65. The van der Waals surface area contributed by atoms with Crippen molar-refractivity contribution in [3.63, 3.8) is 0 Å². The van der Waals surface area contributed by atoms with Crippen molar-refractivity contribution < 1.29 is 27.9 Å². The number of nitrogens with zero attached hydrogens (tertiary/aromatic N) is 1. The molecule has 0 bridgehead atoms. The second-order valence-electron chi connectivity index (χ2n) is 9.27. The molecule has 0 aliphatic heterocycles. The molecule has 1 aromatic heterocycles. The number of urea groups is 1. The summed E-state index contributed by atoms with van der Waals surface area (Å²) in [5, 5.41) is 16.9. The lowest BCUT2D eigenvalue weighted by Gasteiger charge is -2.18. The zero-order valence-electron chi connectivity index (χ0n) is 21.1. The number of carboxylic acid groups (broad SMARTS) is 1. The normalized spacial score (nSPS) is 14.3. The van der Waals surface area contributed by atoms with Gasteiger partial charge >= 0.3 is 12.0 Å². The van der Waals surface area contributed by atoms with Gasteiger partial charge in [-0.3, -0.25) is 9.78 Å². The van der Waals surface area contributed by atoms with Crippen LogP contribution in [0.2, 0.25) is 10.0 Å². The summed E-state index contributed by atoms with van der Waals surface area (Å²) in [5.41, 5.74) is 1.14. The Morgan fingerprint density at radius 3 is 2.20 bits per heavy atom. The molecule has 0 spiro atoms. The van der Waals surface area contributed by atoms with Gasteiger partial charge in [-0.1, -0.05) is 60.3 Å². The highest BCUT2D eigenvalue weighted by atomic mass is 35.5. The van der Waals surface area contributed by atoms with Crippen molar-refractivity contribution >= 4 is 62.3 Å².